The smallest absolute Gasteiger partial charge is 0.138 e. The lowest BCUT2D eigenvalue weighted by Gasteiger charge is -2.18. The number of para-hydroxylation sites is 2. The first-order valence-electron chi connectivity index (χ1n) is 7.01. The molecule has 3 rings (SSSR count). The first kappa shape index (κ1) is 13.4. The molecule has 0 saturated carbocycles. The summed E-state index contributed by atoms with van der Waals surface area (Å²) >= 11 is 0. The molecule has 0 aliphatic carbocycles. The number of nitrogens with one attached hydrogen (secondary N) is 1. The Bertz CT molecular complexity index is 719. The molecule has 1 N–H and O–H groups in total. The fourth-order valence-corrected chi connectivity index (χ4v) is 2.38. The maximum Gasteiger partial charge on any atom is 0.138 e. The third kappa shape index (κ3) is 2.94. The predicted octanol–water partition coefficient (Wildman–Crippen LogP) is 3.75. The second kappa shape index (κ2) is 5.79. The summed E-state index contributed by atoms with van der Waals surface area (Å²) in [6.07, 6.45) is 3.25. The lowest BCUT2D eigenvalue weighted by atomic mass is 10.1. The van der Waals surface area contributed by atoms with Crippen molar-refractivity contribution < 1.29 is 0 Å². The van der Waals surface area contributed by atoms with E-state index in [2.05, 4.69) is 59.6 Å². The van der Waals surface area contributed by atoms with Crippen LogP contribution in [0.5, 0.6) is 0 Å². The number of hydrogen-bond acceptors (Lipinski definition) is 3. The summed E-state index contributed by atoms with van der Waals surface area (Å²) in [7, 11) is 0. The van der Waals surface area contributed by atoms with Gasteiger partial charge in [0.25, 0.3) is 0 Å². The van der Waals surface area contributed by atoms with Crippen LogP contribution in [-0.2, 0) is 0 Å². The number of hydrogen-bond donors (Lipinski definition) is 1. The van der Waals surface area contributed by atoms with Gasteiger partial charge in [-0.3, -0.25) is 0 Å². The van der Waals surface area contributed by atoms with E-state index in [9.17, 15) is 0 Å². The van der Waals surface area contributed by atoms with E-state index in [1.807, 2.05) is 18.2 Å². The van der Waals surface area contributed by atoms with Gasteiger partial charge in [0.05, 0.1) is 11.4 Å². The van der Waals surface area contributed by atoms with Gasteiger partial charge in [-0.1, -0.05) is 42.0 Å². The van der Waals surface area contributed by atoms with E-state index < -0.39 is 0 Å². The summed E-state index contributed by atoms with van der Waals surface area (Å²) < 4.78 is 1.77. The molecule has 0 amide bonds. The molecule has 4 nitrogen and oxygen atoms in total. The molecule has 4 heteroatoms. The van der Waals surface area contributed by atoms with Crippen LogP contribution in [0.1, 0.15) is 24.1 Å². The number of aromatic nitrogens is 3. The highest BCUT2D eigenvalue weighted by Gasteiger charge is 2.09. The van der Waals surface area contributed by atoms with Crippen LogP contribution in [0, 0.1) is 6.92 Å². The monoisotopic (exact) mass is 278 g/mol. The van der Waals surface area contributed by atoms with E-state index in [0.29, 0.717) is 0 Å². The second-order valence-electron chi connectivity index (χ2n) is 5.14. The van der Waals surface area contributed by atoms with Crippen LogP contribution in [0.4, 0.5) is 5.69 Å². The van der Waals surface area contributed by atoms with Crippen LogP contribution < -0.4 is 5.32 Å². The highest BCUT2D eigenvalue weighted by atomic mass is 15.3. The molecule has 21 heavy (non-hydrogen) atoms. The molecule has 0 radical (unpaired) electrons. The Balaban J connectivity index is 1.88. The Labute approximate surface area is 124 Å². The lowest BCUT2D eigenvalue weighted by molar-refractivity contribution is 0.852. The van der Waals surface area contributed by atoms with Crippen LogP contribution in [0.15, 0.2) is 61.2 Å². The van der Waals surface area contributed by atoms with Crippen molar-refractivity contribution in [2.24, 2.45) is 0 Å². The fourth-order valence-electron chi connectivity index (χ4n) is 2.38. The number of benzene rings is 2. The van der Waals surface area contributed by atoms with Crippen molar-refractivity contribution in [2.45, 2.75) is 19.9 Å². The van der Waals surface area contributed by atoms with Crippen molar-refractivity contribution in [3.8, 4) is 5.69 Å². The molecule has 1 atom stereocenters. The molecule has 3 aromatic rings. The van der Waals surface area contributed by atoms with E-state index >= 15 is 0 Å². The zero-order valence-electron chi connectivity index (χ0n) is 12.2. The summed E-state index contributed by atoms with van der Waals surface area (Å²) in [6, 6.07) is 16.9. The van der Waals surface area contributed by atoms with Crippen LogP contribution in [-0.4, -0.2) is 14.8 Å². The van der Waals surface area contributed by atoms with Crippen LogP contribution >= 0.6 is 0 Å². The maximum atomic E-state index is 4.21. The number of rotatable bonds is 4. The van der Waals surface area contributed by atoms with Gasteiger partial charge in [0, 0.05) is 6.04 Å². The first-order valence-corrected chi connectivity index (χ1v) is 7.01. The average Bonchev–Trinajstić information content (AvgIpc) is 3.02. The highest BCUT2D eigenvalue weighted by Crippen LogP contribution is 2.24. The third-order valence-corrected chi connectivity index (χ3v) is 3.48. The molecule has 0 fully saturated rings. The minimum absolute atomic E-state index is 0.217. The van der Waals surface area contributed by atoms with Crippen LogP contribution in [0.25, 0.3) is 5.69 Å². The van der Waals surface area contributed by atoms with Gasteiger partial charge in [0.2, 0.25) is 0 Å². The number of nitrogens with zero attached hydrogens (tertiary/aromatic N) is 3. The van der Waals surface area contributed by atoms with E-state index in [-0.39, 0.29) is 6.04 Å². The second-order valence-corrected chi connectivity index (χ2v) is 5.14. The minimum atomic E-state index is 0.217. The van der Waals surface area contributed by atoms with Gasteiger partial charge in [-0.25, -0.2) is 9.67 Å². The lowest BCUT2D eigenvalue weighted by Crippen LogP contribution is -2.09. The molecule has 0 spiro atoms. The predicted molar refractivity (Wildman–Crippen MR) is 84.6 cm³/mol. The van der Waals surface area contributed by atoms with Gasteiger partial charge >= 0.3 is 0 Å². The van der Waals surface area contributed by atoms with Gasteiger partial charge in [-0.15, -0.1) is 0 Å². The summed E-state index contributed by atoms with van der Waals surface area (Å²) in [5.74, 6) is 0. The van der Waals surface area contributed by atoms with Crippen molar-refractivity contribution in [3.05, 3.63) is 72.3 Å². The van der Waals surface area contributed by atoms with Crippen molar-refractivity contribution in [3.63, 3.8) is 0 Å². The molecule has 0 bridgehead atoms. The van der Waals surface area contributed by atoms with Crippen molar-refractivity contribution in [1.29, 1.82) is 0 Å². The standard InChI is InChI=1S/C17H18N4/c1-13-6-5-7-15(10-13)14(2)20-16-8-3-4-9-17(16)21-12-18-11-19-21/h3-12,14,20H,1-2H3. The Hall–Kier alpha value is -2.62. The average molecular weight is 278 g/mol. The van der Waals surface area contributed by atoms with E-state index in [0.717, 1.165) is 11.4 Å². The van der Waals surface area contributed by atoms with E-state index in [1.54, 1.807) is 17.3 Å². The van der Waals surface area contributed by atoms with Gasteiger partial charge in [0.1, 0.15) is 12.7 Å². The van der Waals surface area contributed by atoms with Crippen molar-refractivity contribution in [1.82, 2.24) is 14.8 Å². The van der Waals surface area contributed by atoms with Crippen molar-refractivity contribution >= 4 is 5.69 Å². The zero-order valence-corrected chi connectivity index (χ0v) is 12.2. The number of aryl methyl sites for hydroxylation is 1. The van der Waals surface area contributed by atoms with Gasteiger partial charge in [0.15, 0.2) is 0 Å². The maximum absolute atomic E-state index is 4.21. The largest absolute Gasteiger partial charge is 0.377 e. The topological polar surface area (TPSA) is 42.7 Å². The molecule has 1 unspecified atom stereocenters. The Morgan fingerprint density at radius 1 is 1.10 bits per heavy atom. The van der Waals surface area contributed by atoms with Gasteiger partial charge in [-0.05, 0) is 31.5 Å². The Kier molecular flexibility index (Phi) is 3.69. The van der Waals surface area contributed by atoms with Crippen LogP contribution in [0.2, 0.25) is 0 Å². The van der Waals surface area contributed by atoms with Gasteiger partial charge < -0.3 is 5.32 Å². The Morgan fingerprint density at radius 2 is 1.95 bits per heavy atom. The van der Waals surface area contributed by atoms with Crippen LogP contribution in [0.3, 0.4) is 0 Å². The van der Waals surface area contributed by atoms with E-state index in [4.69, 9.17) is 0 Å². The first-order chi connectivity index (χ1) is 10.2. The fraction of sp³-hybridized carbons (Fsp3) is 0.176. The summed E-state index contributed by atoms with van der Waals surface area (Å²) in [6.45, 7) is 4.27. The summed E-state index contributed by atoms with van der Waals surface area (Å²) in [5.41, 5.74) is 4.57. The SMILES string of the molecule is Cc1cccc(C(C)Nc2ccccc2-n2cncn2)c1. The molecule has 0 saturated heterocycles. The minimum Gasteiger partial charge on any atom is -0.377 e. The molecule has 1 heterocycles. The van der Waals surface area contributed by atoms with E-state index in [1.165, 1.54) is 11.1 Å². The molecule has 2 aromatic carbocycles. The molecule has 0 aliphatic heterocycles. The Morgan fingerprint density at radius 3 is 2.71 bits per heavy atom. The molecule has 1 aromatic heterocycles. The zero-order chi connectivity index (χ0) is 14.7. The molecule has 106 valence electrons. The molecule has 0 aliphatic rings. The summed E-state index contributed by atoms with van der Waals surface area (Å²) in [5, 5.41) is 7.76. The normalized spacial score (nSPS) is 12.1. The molecular formula is C17H18N4. The molecular weight excluding hydrogens is 260 g/mol. The van der Waals surface area contributed by atoms with Crippen molar-refractivity contribution in [2.75, 3.05) is 5.32 Å². The summed E-state index contributed by atoms with van der Waals surface area (Å²) in [4.78, 5) is 4.01. The van der Waals surface area contributed by atoms with Gasteiger partial charge in [-0.2, -0.15) is 5.10 Å². The third-order valence-electron chi connectivity index (χ3n) is 3.48. The highest BCUT2D eigenvalue weighted by molar-refractivity contribution is 5.61. The quantitative estimate of drug-likeness (QED) is 0.790. The number of anilines is 1.